The number of likely N-dealkylation sites (N-methyl/N-ethyl adjacent to an activating group) is 1. The zero-order chi connectivity index (χ0) is 42.4. The van der Waals surface area contributed by atoms with Crippen molar-refractivity contribution in [1.29, 1.82) is 0 Å². The van der Waals surface area contributed by atoms with Gasteiger partial charge in [-0.2, -0.15) is 26.3 Å². The summed E-state index contributed by atoms with van der Waals surface area (Å²) in [7, 11) is 3.29. The number of carbonyl (C=O) groups excluding carboxylic acids is 1. The number of pyridine rings is 1. The fourth-order valence-corrected chi connectivity index (χ4v) is 8.09. The zero-order valence-corrected chi connectivity index (χ0v) is 32.0. The SMILES string of the molecule is CN1CCN(Cc2cc(N3CCOC[C@@H]3C(F)(F)F)cc(F)c2C(=O)N[C@@H](Cc2cccc3c(-c4c(C(F)(F)F)c5ccccc5n(C)c4=O)cccc23)C(=O)O)CC1. The van der Waals surface area contributed by atoms with Crippen molar-refractivity contribution < 1.29 is 50.2 Å². The lowest BCUT2D eigenvalue weighted by atomic mass is 9.90. The van der Waals surface area contributed by atoms with Crippen LogP contribution in [-0.2, 0) is 35.7 Å². The molecule has 2 atom stereocenters. The van der Waals surface area contributed by atoms with Crippen molar-refractivity contribution in [3.05, 3.63) is 111 Å². The number of ether oxygens (including phenoxy) is 1. The average Bonchev–Trinajstić information content (AvgIpc) is 3.18. The van der Waals surface area contributed by atoms with E-state index in [1.54, 1.807) is 6.07 Å². The second kappa shape index (κ2) is 16.3. The van der Waals surface area contributed by atoms with Crippen LogP contribution in [0.15, 0.2) is 77.6 Å². The Balaban J connectivity index is 1.26. The number of hydrogen-bond acceptors (Lipinski definition) is 7. The van der Waals surface area contributed by atoms with Crippen LogP contribution in [-0.4, -0.2) is 103 Å². The van der Waals surface area contributed by atoms with E-state index in [1.165, 1.54) is 67.7 Å². The Labute approximate surface area is 333 Å². The number of alkyl halides is 6. The molecule has 1 aromatic heterocycles. The van der Waals surface area contributed by atoms with Crippen molar-refractivity contribution in [3.63, 3.8) is 0 Å². The first kappa shape index (κ1) is 41.6. The molecule has 0 bridgehead atoms. The molecule has 1 amide bonds. The van der Waals surface area contributed by atoms with Gasteiger partial charge in [0.25, 0.3) is 11.5 Å². The Morgan fingerprint density at radius 1 is 0.864 bits per heavy atom. The summed E-state index contributed by atoms with van der Waals surface area (Å²) in [5.41, 5.74) is -2.84. The normalized spacial score (nSPS) is 17.7. The topological polar surface area (TPSA) is 107 Å². The smallest absolute Gasteiger partial charge is 0.417 e. The molecule has 2 aliphatic heterocycles. The Kier molecular flexibility index (Phi) is 11.5. The van der Waals surface area contributed by atoms with E-state index >= 15 is 4.39 Å². The van der Waals surface area contributed by atoms with Crippen molar-refractivity contribution in [2.45, 2.75) is 37.4 Å². The number of morpholine rings is 1. The molecular formula is C42H40F7N5O5. The maximum absolute atomic E-state index is 16.2. The second-order valence-electron chi connectivity index (χ2n) is 14.9. The molecule has 7 rings (SSSR count). The minimum atomic E-state index is -4.93. The maximum atomic E-state index is 16.2. The van der Waals surface area contributed by atoms with Crippen LogP contribution in [0.25, 0.3) is 32.8 Å². The molecule has 17 heteroatoms. The van der Waals surface area contributed by atoms with Gasteiger partial charge in [-0.15, -0.1) is 0 Å². The highest BCUT2D eigenvalue weighted by Crippen LogP contribution is 2.42. The lowest BCUT2D eigenvalue weighted by Gasteiger charge is -2.39. The minimum Gasteiger partial charge on any atom is -0.480 e. The Bertz CT molecular complexity index is 2480. The lowest BCUT2D eigenvalue weighted by Crippen LogP contribution is -2.53. The van der Waals surface area contributed by atoms with E-state index in [2.05, 4.69) is 10.2 Å². The number of carbonyl (C=O) groups is 2. The number of fused-ring (bicyclic) bond motifs is 2. The first-order valence-corrected chi connectivity index (χ1v) is 18.8. The molecule has 2 N–H and O–H groups in total. The van der Waals surface area contributed by atoms with E-state index in [1.807, 2.05) is 11.9 Å². The summed E-state index contributed by atoms with van der Waals surface area (Å²) in [6.07, 6.45) is -10.0. The molecule has 312 valence electrons. The molecule has 2 fully saturated rings. The standard InChI is InChI=1S/C42H40F7N5O5/c1-51-13-15-53(16-14-51)22-25-19-26(54-17-18-59-23-34(54)41(44,45)46)21-31(43)35(25)38(55)50-32(40(57)58)20-24-7-5-10-28-27(24)9-6-11-29(28)36-37(42(47,48)49)30-8-3-4-12-33(30)52(2)39(36)56/h3-12,19,21,32,34H,13-18,20,22-23H2,1-2H3,(H,50,55)(H,57,58)/t32-,34+/m0/s1. The summed E-state index contributed by atoms with van der Waals surface area (Å²) in [6.45, 7) is 1.41. The van der Waals surface area contributed by atoms with E-state index < -0.39 is 77.4 Å². The van der Waals surface area contributed by atoms with Crippen LogP contribution in [0.3, 0.4) is 0 Å². The van der Waals surface area contributed by atoms with Gasteiger partial charge < -0.3 is 29.5 Å². The zero-order valence-electron chi connectivity index (χ0n) is 32.0. The fraction of sp³-hybridized carbons (Fsp3) is 0.357. The Morgan fingerprint density at radius 2 is 1.54 bits per heavy atom. The van der Waals surface area contributed by atoms with Gasteiger partial charge in [0.15, 0.2) is 0 Å². The summed E-state index contributed by atoms with van der Waals surface area (Å²) in [5.74, 6) is -3.77. The summed E-state index contributed by atoms with van der Waals surface area (Å²) in [5, 5.41) is 13.1. The maximum Gasteiger partial charge on any atom is 0.417 e. The molecule has 2 aliphatic rings. The number of amides is 1. The second-order valence-corrected chi connectivity index (χ2v) is 14.9. The Morgan fingerprint density at radius 3 is 2.24 bits per heavy atom. The van der Waals surface area contributed by atoms with Crippen molar-refractivity contribution in [1.82, 2.24) is 19.7 Å². The molecule has 0 spiro atoms. The van der Waals surface area contributed by atoms with Gasteiger partial charge in [0.05, 0.1) is 35.4 Å². The van der Waals surface area contributed by atoms with E-state index in [0.29, 0.717) is 37.1 Å². The molecule has 0 aliphatic carbocycles. The number of benzene rings is 4. The number of aryl methyl sites for hydroxylation is 1. The largest absolute Gasteiger partial charge is 0.480 e. The number of nitrogens with zero attached hydrogens (tertiary/aromatic N) is 4. The molecule has 2 saturated heterocycles. The first-order chi connectivity index (χ1) is 27.9. The van der Waals surface area contributed by atoms with Gasteiger partial charge in [0.1, 0.15) is 17.9 Å². The highest BCUT2D eigenvalue weighted by atomic mass is 19.4. The van der Waals surface area contributed by atoms with Gasteiger partial charge >= 0.3 is 18.3 Å². The van der Waals surface area contributed by atoms with E-state index in [0.717, 1.165) is 15.5 Å². The first-order valence-electron chi connectivity index (χ1n) is 18.8. The van der Waals surface area contributed by atoms with Gasteiger partial charge in [-0.3, -0.25) is 14.5 Å². The lowest BCUT2D eigenvalue weighted by molar-refractivity contribution is -0.167. The van der Waals surface area contributed by atoms with Crippen molar-refractivity contribution >= 4 is 39.2 Å². The molecule has 0 radical (unpaired) electrons. The summed E-state index contributed by atoms with van der Waals surface area (Å²) in [6, 6.07) is 13.0. The van der Waals surface area contributed by atoms with Crippen LogP contribution in [0.4, 0.5) is 36.4 Å². The highest BCUT2D eigenvalue weighted by Gasteiger charge is 2.46. The summed E-state index contributed by atoms with van der Waals surface area (Å²) >= 11 is 0. The molecular weight excluding hydrogens is 787 g/mol. The van der Waals surface area contributed by atoms with Gasteiger partial charge in [0.2, 0.25) is 0 Å². The number of carboxylic acid groups (broad SMARTS) is 1. The average molecular weight is 828 g/mol. The summed E-state index contributed by atoms with van der Waals surface area (Å²) in [4.78, 5) is 45.4. The number of carboxylic acids is 1. The highest BCUT2D eigenvalue weighted by molar-refractivity contribution is 6.02. The molecule has 0 saturated carbocycles. The number of rotatable bonds is 9. The van der Waals surface area contributed by atoms with E-state index in [4.69, 9.17) is 4.74 Å². The van der Waals surface area contributed by atoms with Crippen LogP contribution in [0.1, 0.15) is 27.0 Å². The number of halogens is 7. The monoisotopic (exact) mass is 827 g/mol. The molecule has 5 aromatic rings. The summed E-state index contributed by atoms with van der Waals surface area (Å²) < 4.78 is 109. The van der Waals surface area contributed by atoms with E-state index in [-0.39, 0.29) is 52.8 Å². The van der Waals surface area contributed by atoms with Crippen LogP contribution in [0.5, 0.6) is 0 Å². The third-order valence-corrected chi connectivity index (χ3v) is 11.1. The number of aromatic nitrogens is 1. The number of para-hydroxylation sites is 1. The molecule has 0 unspecified atom stereocenters. The number of piperazine rings is 1. The van der Waals surface area contributed by atoms with Crippen molar-refractivity contribution in [2.24, 2.45) is 7.05 Å². The number of anilines is 1. The van der Waals surface area contributed by atoms with E-state index in [9.17, 15) is 45.8 Å². The van der Waals surface area contributed by atoms with Gasteiger partial charge in [0, 0.05) is 63.8 Å². The molecule has 4 aromatic carbocycles. The molecule has 3 heterocycles. The van der Waals surface area contributed by atoms with Crippen molar-refractivity contribution in [2.75, 3.05) is 57.9 Å². The van der Waals surface area contributed by atoms with Gasteiger partial charge in [-0.25, -0.2) is 9.18 Å². The van der Waals surface area contributed by atoms with Gasteiger partial charge in [-0.1, -0.05) is 54.6 Å². The van der Waals surface area contributed by atoms with Crippen LogP contribution >= 0.6 is 0 Å². The molecule has 10 nitrogen and oxygen atoms in total. The third kappa shape index (κ3) is 8.36. The predicted molar refractivity (Wildman–Crippen MR) is 207 cm³/mol. The van der Waals surface area contributed by atoms with Crippen LogP contribution in [0, 0.1) is 5.82 Å². The van der Waals surface area contributed by atoms with Crippen molar-refractivity contribution in [3.8, 4) is 11.1 Å². The molecule has 59 heavy (non-hydrogen) atoms. The van der Waals surface area contributed by atoms with Crippen LogP contribution in [0.2, 0.25) is 0 Å². The van der Waals surface area contributed by atoms with Gasteiger partial charge in [-0.05, 0) is 52.7 Å². The minimum absolute atomic E-state index is 0.0135. The number of nitrogens with one attached hydrogen (secondary N) is 1. The fourth-order valence-electron chi connectivity index (χ4n) is 8.09. The number of aliphatic carboxylic acids is 1. The predicted octanol–water partition coefficient (Wildman–Crippen LogP) is 6.46. The third-order valence-electron chi connectivity index (χ3n) is 11.1. The van der Waals surface area contributed by atoms with Crippen LogP contribution < -0.4 is 15.8 Å². The quantitative estimate of drug-likeness (QED) is 0.163. The number of hydrogen-bond donors (Lipinski definition) is 2. The Hall–Kier alpha value is -5.52.